The van der Waals surface area contributed by atoms with Crippen LogP contribution in [0.5, 0.6) is 0 Å². The van der Waals surface area contributed by atoms with E-state index in [1.807, 2.05) is 36.6 Å². The molecule has 0 radical (unpaired) electrons. The van der Waals surface area contributed by atoms with Crippen molar-refractivity contribution in [2.24, 2.45) is 16.6 Å². The monoisotopic (exact) mass is 295 g/mol. The Balaban J connectivity index is 1.72. The average molecular weight is 295 g/mol. The fourth-order valence-corrected chi connectivity index (χ4v) is 2.94. The molecule has 0 saturated heterocycles. The number of nitrogens with two attached hydrogens (primary N) is 1. The minimum absolute atomic E-state index is 0.334. The summed E-state index contributed by atoms with van der Waals surface area (Å²) in [5.74, 6) is 0.897. The van der Waals surface area contributed by atoms with E-state index in [1.54, 1.807) is 0 Å². The molecule has 4 nitrogen and oxygen atoms in total. The highest BCUT2D eigenvalue weighted by Gasteiger charge is 2.20. The molecule has 1 aromatic carbocycles. The van der Waals surface area contributed by atoms with Gasteiger partial charge in [0.2, 0.25) is 5.91 Å². The van der Waals surface area contributed by atoms with E-state index in [2.05, 4.69) is 23.3 Å². The number of aryl methyl sites for hydroxylation is 1. The van der Waals surface area contributed by atoms with Gasteiger partial charge >= 0.3 is 0 Å². The number of carbonyl (C=O) groups excluding carboxylic acids is 1. The van der Waals surface area contributed by atoms with Crippen LogP contribution in [-0.4, -0.2) is 18.2 Å². The lowest BCUT2D eigenvalue weighted by Crippen LogP contribution is -2.33. The van der Waals surface area contributed by atoms with Crippen LogP contribution in [-0.2, 0) is 12.8 Å². The summed E-state index contributed by atoms with van der Waals surface area (Å²) in [5.41, 5.74) is 8.48. The van der Waals surface area contributed by atoms with Gasteiger partial charge in [-0.1, -0.05) is 25.1 Å². The second-order valence-corrected chi connectivity index (χ2v) is 6.01. The molecule has 2 atom stereocenters. The summed E-state index contributed by atoms with van der Waals surface area (Å²) >= 11 is 0. The van der Waals surface area contributed by atoms with Gasteiger partial charge in [-0.15, -0.1) is 0 Å². The Hall–Kier alpha value is -2.36. The lowest BCUT2D eigenvalue weighted by atomic mass is 9.87. The van der Waals surface area contributed by atoms with Gasteiger partial charge in [0.25, 0.3) is 0 Å². The molecule has 1 heterocycles. The molecule has 114 valence electrons. The van der Waals surface area contributed by atoms with Gasteiger partial charge < -0.3 is 11.1 Å². The van der Waals surface area contributed by atoms with Gasteiger partial charge in [-0.25, -0.2) is 4.99 Å². The number of nitrogens with zero attached hydrogens (tertiary/aromatic N) is 1. The molecule has 0 fully saturated rings. The van der Waals surface area contributed by atoms with E-state index in [0.717, 1.165) is 25.1 Å². The van der Waals surface area contributed by atoms with Crippen molar-refractivity contribution in [3.8, 4) is 0 Å². The maximum absolute atomic E-state index is 11.3. The number of amides is 1. The maximum atomic E-state index is 11.3. The number of aliphatic imine (C=N–C) groups is 1. The topological polar surface area (TPSA) is 67.5 Å². The van der Waals surface area contributed by atoms with Gasteiger partial charge in [-0.2, -0.15) is 0 Å². The SMILES string of the molecule is CC1C=CC=C(NC2CCc3ccc(C(N)=O)cc3C2)N=C1. The molecule has 1 aromatic rings. The summed E-state index contributed by atoms with van der Waals surface area (Å²) < 4.78 is 0. The van der Waals surface area contributed by atoms with Crippen molar-refractivity contribution < 1.29 is 4.79 Å². The molecule has 1 aliphatic carbocycles. The molecule has 2 aliphatic rings. The molecule has 22 heavy (non-hydrogen) atoms. The smallest absolute Gasteiger partial charge is 0.248 e. The number of carbonyl (C=O) groups is 1. The minimum Gasteiger partial charge on any atom is -0.367 e. The van der Waals surface area contributed by atoms with Crippen molar-refractivity contribution >= 4 is 12.1 Å². The number of hydrogen-bond acceptors (Lipinski definition) is 3. The molecule has 0 spiro atoms. The molecular formula is C18H21N3O. The molecular weight excluding hydrogens is 274 g/mol. The summed E-state index contributed by atoms with van der Waals surface area (Å²) in [6.07, 6.45) is 11.1. The van der Waals surface area contributed by atoms with Crippen LogP contribution < -0.4 is 11.1 Å². The number of benzene rings is 1. The highest BCUT2D eigenvalue weighted by atomic mass is 16.1. The first-order valence-electron chi connectivity index (χ1n) is 7.72. The summed E-state index contributed by atoms with van der Waals surface area (Å²) in [6, 6.07) is 6.11. The zero-order chi connectivity index (χ0) is 15.5. The number of nitrogens with one attached hydrogen (secondary N) is 1. The van der Waals surface area contributed by atoms with Crippen molar-refractivity contribution in [2.75, 3.05) is 0 Å². The summed E-state index contributed by atoms with van der Waals surface area (Å²) in [4.78, 5) is 15.8. The van der Waals surface area contributed by atoms with Gasteiger partial charge in [0.15, 0.2) is 0 Å². The van der Waals surface area contributed by atoms with Gasteiger partial charge in [-0.3, -0.25) is 4.79 Å². The standard InChI is InChI=1S/C18H21N3O/c1-12-3-2-4-17(20-11-12)21-16-8-7-13-5-6-14(18(19)22)9-15(13)10-16/h2-6,9,11-12,16,21H,7-8,10H2,1H3,(H2,19,22). The molecule has 0 aromatic heterocycles. The number of hydrogen-bond donors (Lipinski definition) is 2. The average Bonchev–Trinajstić information content (AvgIpc) is 2.71. The van der Waals surface area contributed by atoms with E-state index >= 15 is 0 Å². The number of fused-ring (bicyclic) bond motifs is 1. The van der Waals surface area contributed by atoms with Crippen LogP contribution in [0.1, 0.15) is 34.8 Å². The first kappa shape index (κ1) is 14.6. The molecule has 0 bridgehead atoms. The van der Waals surface area contributed by atoms with Crippen LogP contribution in [0.4, 0.5) is 0 Å². The Labute approximate surface area is 130 Å². The molecule has 3 N–H and O–H groups in total. The molecule has 2 unspecified atom stereocenters. The number of allylic oxidation sites excluding steroid dienone is 3. The molecule has 1 aliphatic heterocycles. The first-order valence-corrected chi connectivity index (χ1v) is 7.72. The lowest BCUT2D eigenvalue weighted by molar-refractivity contribution is 0.1000. The Morgan fingerprint density at radius 3 is 3.05 bits per heavy atom. The third kappa shape index (κ3) is 3.27. The quantitative estimate of drug-likeness (QED) is 0.899. The van der Waals surface area contributed by atoms with Crippen molar-refractivity contribution in [1.29, 1.82) is 0 Å². The zero-order valence-electron chi connectivity index (χ0n) is 12.8. The summed E-state index contributed by atoms with van der Waals surface area (Å²) in [7, 11) is 0. The van der Waals surface area contributed by atoms with Crippen molar-refractivity contribution in [3.63, 3.8) is 0 Å². The highest BCUT2D eigenvalue weighted by Crippen LogP contribution is 2.23. The van der Waals surface area contributed by atoms with Crippen molar-refractivity contribution in [3.05, 3.63) is 58.9 Å². The third-order valence-corrected chi connectivity index (χ3v) is 4.19. The van der Waals surface area contributed by atoms with E-state index in [4.69, 9.17) is 5.73 Å². The summed E-state index contributed by atoms with van der Waals surface area (Å²) in [6.45, 7) is 2.11. The Morgan fingerprint density at radius 2 is 2.23 bits per heavy atom. The van der Waals surface area contributed by atoms with E-state index in [9.17, 15) is 4.79 Å². The summed E-state index contributed by atoms with van der Waals surface area (Å²) in [5, 5.41) is 3.50. The van der Waals surface area contributed by atoms with Crippen LogP contribution >= 0.6 is 0 Å². The van der Waals surface area contributed by atoms with Crippen LogP contribution in [0.2, 0.25) is 0 Å². The third-order valence-electron chi connectivity index (χ3n) is 4.19. The fraction of sp³-hybridized carbons (Fsp3) is 0.333. The van der Waals surface area contributed by atoms with Gasteiger partial charge in [0, 0.05) is 23.7 Å². The van der Waals surface area contributed by atoms with Crippen LogP contribution in [0.15, 0.2) is 47.2 Å². The van der Waals surface area contributed by atoms with E-state index in [0.29, 0.717) is 17.5 Å². The molecule has 0 saturated carbocycles. The lowest BCUT2D eigenvalue weighted by Gasteiger charge is -2.26. The van der Waals surface area contributed by atoms with Crippen molar-refractivity contribution in [1.82, 2.24) is 5.32 Å². The number of primary amides is 1. The van der Waals surface area contributed by atoms with Crippen LogP contribution in [0.3, 0.4) is 0 Å². The second-order valence-electron chi connectivity index (χ2n) is 6.01. The van der Waals surface area contributed by atoms with Gasteiger partial charge in [0.1, 0.15) is 5.82 Å². The predicted octanol–water partition coefficient (Wildman–Crippen LogP) is 2.35. The van der Waals surface area contributed by atoms with E-state index < -0.39 is 0 Å². The zero-order valence-corrected chi connectivity index (χ0v) is 12.8. The van der Waals surface area contributed by atoms with Gasteiger partial charge in [-0.05, 0) is 48.6 Å². The van der Waals surface area contributed by atoms with Crippen LogP contribution in [0.25, 0.3) is 0 Å². The van der Waals surface area contributed by atoms with E-state index in [1.165, 1.54) is 11.1 Å². The molecule has 1 amide bonds. The molecule has 4 heteroatoms. The van der Waals surface area contributed by atoms with Crippen molar-refractivity contribution in [2.45, 2.75) is 32.2 Å². The predicted molar refractivity (Wildman–Crippen MR) is 88.8 cm³/mol. The normalized spacial score (nSPS) is 23.4. The minimum atomic E-state index is -0.368. The Kier molecular flexibility index (Phi) is 4.09. The van der Waals surface area contributed by atoms with E-state index in [-0.39, 0.29) is 5.91 Å². The Bertz CT molecular complexity index is 673. The van der Waals surface area contributed by atoms with Gasteiger partial charge in [0.05, 0.1) is 0 Å². The fourth-order valence-electron chi connectivity index (χ4n) is 2.94. The number of rotatable bonds is 3. The maximum Gasteiger partial charge on any atom is 0.248 e. The largest absolute Gasteiger partial charge is 0.367 e. The molecule has 3 rings (SSSR count). The second kappa shape index (κ2) is 6.18. The highest BCUT2D eigenvalue weighted by molar-refractivity contribution is 5.93. The first-order chi connectivity index (χ1) is 10.6. The Morgan fingerprint density at radius 1 is 1.36 bits per heavy atom. The van der Waals surface area contributed by atoms with Crippen LogP contribution in [0, 0.1) is 5.92 Å².